The van der Waals surface area contributed by atoms with Crippen LogP contribution in [0.1, 0.15) is 17.6 Å². The van der Waals surface area contributed by atoms with Gasteiger partial charge in [-0.25, -0.2) is 13.4 Å². The van der Waals surface area contributed by atoms with Crippen LogP contribution in [0.25, 0.3) is 0 Å². The number of nitrogens with two attached hydrogens (primary N) is 1. The maximum Gasteiger partial charge on any atom is 0.151 e. The molecule has 0 aliphatic rings. The molecule has 0 radical (unpaired) electrons. The molecule has 1 aromatic rings. The van der Waals surface area contributed by atoms with Crippen LogP contribution in [-0.4, -0.2) is 30.9 Å². The molecule has 0 spiro atoms. The van der Waals surface area contributed by atoms with Crippen molar-refractivity contribution in [3.05, 3.63) is 16.1 Å². The van der Waals surface area contributed by atoms with Gasteiger partial charge in [-0.05, 0) is 13.8 Å². The SMILES string of the molecule is Cc1nc(CC(N)C(C)S(C)(=O)=O)cs1. The fourth-order valence-electron chi connectivity index (χ4n) is 1.23. The summed E-state index contributed by atoms with van der Waals surface area (Å²) in [5.74, 6) is 0. The molecule has 0 saturated heterocycles. The van der Waals surface area contributed by atoms with Crippen LogP contribution in [-0.2, 0) is 16.3 Å². The van der Waals surface area contributed by atoms with Crippen LogP contribution in [0.2, 0.25) is 0 Å². The topological polar surface area (TPSA) is 73.0 Å². The second-order valence-corrected chi connectivity index (χ2v) is 7.23. The zero-order valence-electron chi connectivity index (χ0n) is 9.10. The van der Waals surface area contributed by atoms with Crippen molar-refractivity contribution in [3.63, 3.8) is 0 Å². The van der Waals surface area contributed by atoms with Gasteiger partial charge in [0.2, 0.25) is 0 Å². The lowest BCUT2D eigenvalue weighted by Crippen LogP contribution is -2.39. The Hall–Kier alpha value is -0.460. The van der Waals surface area contributed by atoms with Crippen LogP contribution in [0.15, 0.2) is 5.38 Å². The van der Waals surface area contributed by atoms with Gasteiger partial charge >= 0.3 is 0 Å². The smallest absolute Gasteiger partial charge is 0.151 e. The summed E-state index contributed by atoms with van der Waals surface area (Å²) in [6.07, 6.45) is 1.72. The highest BCUT2D eigenvalue weighted by Gasteiger charge is 2.23. The van der Waals surface area contributed by atoms with Gasteiger partial charge in [0.15, 0.2) is 9.84 Å². The number of rotatable bonds is 4. The van der Waals surface area contributed by atoms with Crippen LogP contribution in [0.3, 0.4) is 0 Å². The molecule has 15 heavy (non-hydrogen) atoms. The van der Waals surface area contributed by atoms with E-state index in [2.05, 4.69) is 4.98 Å². The van der Waals surface area contributed by atoms with Gasteiger partial charge in [0.1, 0.15) is 0 Å². The fraction of sp³-hybridized carbons (Fsp3) is 0.667. The molecule has 1 rings (SSSR count). The summed E-state index contributed by atoms with van der Waals surface area (Å²) in [5.41, 5.74) is 6.71. The number of aromatic nitrogens is 1. The van der Waals surface area contributed by atoms with Crippen LogP contribution in [0, 0.1) is 6.92 Å². The second-order valence-electron chi connectivity index (χ2n) is 3.76. The predicted octanol–water partition coefficient (Wildman–Crippen LogP) is 0.754. The van der Waals surface area contributed by atoms with Gasteiger partial charge in [-0.2, -0.15) is 0 Å². The Kier molecular flexibility index (Phi) is 3.86. The van der Waals surface area contributed by atoms with E-state index in [0.29, 0.717) is 6.42 Å². The lowest BCUT2D eigenvalue weighted by atomic mass is 10.1. The van der Waals surface area contributed by atoms with E-state index in [-0.39, 0.29) is 6.04 Å². The Labute approximate surface area is 94.4 Å². The van der Waals surface area contributed by atoms with Crippen LogP contribution in [0.5, 0.6) is 0 Å². The van der Waals surface area contributed by atoms with Crippen molar-refractivity contribution in [1.29, 1.82) is 0 Å². The summed E-state index contributed by atoms with van der Waals surface area (Å²) in [4.78, 5) is 4.26. The Morgan fingerprint density at radius 2 is 2.20 bits per heavy atom. The summed E-state index contributed by atoms with van der Waals surface area (Å²) in [6.45, 7) is 3.55. The van der Waals surface area contributed by atoms with Gasteiger partial charge in [0.25, 0.3) is 0 Å². The van der Waals surface area contributed by atoms with Gasteiger partial charge in [0.05, 0.1) is 16.0 Å². The molecule has 0 bridgehead atoms. The molecule has 0 aliphatic heterocycles. The third-order valence-electron chi connectivity index (χ3n) is 2.39. The molecule has 4 nitrogen and oxygen atoms in total. The number of sulfone groups is 1. The third kappa shape index (κ3) is 3.55. The summed E-state index contributed by atoms with van der Waals surface area (Å²) < 4.78 is 22.5. The maximum absolute atomic E-state index is 11.3. The Balaban J connectivity index is 2.68. The van der Waals surface area contributed by atoms with Crippen LogP contribution >= 0.6 is 11.3 Å². The first-order chi connectivity index (χ1) is 6.80. The number of thiazole rings is 1. The molecule has 86 valence electrons. The van der Waals surface area contributed by atoms with E-state index in [1.165, 1.54) is 6.26 Å². The first-order valence-electron chi connectivity index (χ1n) is 4.66. The van der Waals surface area contributed by atoms with Crippen molar-refractivity contribution >= 4 is 21.2 Å². The molecule has 1 aromatic heterocycles. The Morgan fingerprint density at radius 3 is 2.60 bits per heavy atom. The number of hydrogen-bond acceptors (Lipinski definition) is 5. The average Bonchev–Trinajstić information content (AvgIpc) is 2.48. The molecular weight excluding hydrogens is 232 g/mol. The van der Waals surface area contributed by atoms with Gasteiger partial charge in [-0.3, -0.25) is 0 Å². The molecule has 0 aliphatic carbocycles. The van der Waals surface area contributed by atoms with Crippen LogP contribution in [0.4, 0.5) is 0 Å². The normalized spacial score (nSPS) is 16.3. The molecular formula is C9H16N2O2S2. The molecule has 0 fully saturated rings. The van der Waals surface area contributed by atoms with E-state index < -0.39 is 15.1 Å². The summed E-state index contributed by atoms with van der Waals surface area (Å²) in [5, 5.41) is 2.37. The van der Waals surface area contributed by atoms with E-state index in [4.69, 9.17) is 5.73 Å². The summed E-state index contributed by atoms with van der Waals surface area (Å²) >= 11 is 1.55. The molecule has 6 heteroatoms. The predicted molar refractivity (Wildman–Crippen MR) is 62.8 cm³/mol. The minimum Gasteiger partial charge on any atom is -0.326 e. The van der Waals surface area contributed by atoms with Crippen molar-refractivity contribution in [2.75, 3.05) is 6.26 Å². The standard InChI is InChI=1S/C9H16N2O2S2/c1-6(15(3,12)13)9(10)4-8-5-14-7(2)11-8/h5-6,9H,4,10H2,1-3H3. The number of aryl methyl sites for hydroxylation is 1. The Morgan fingerprint density at radius 1 is 1.60 bits per heavy atom. The largest absolute Gasteiger partial charge is 0.326 e. The van der Waals surface area contributed by atoms with Gasteiger partial charge in [-0.15, -0.1) is 11.3 Å². The molecule has 0 saturated carbocycles. The van der Waals surface area contributed by atoms with Crippen LogP contribution < -0.4 is 5.73 Å². The minimum absolute atomic E-state index is 0.388. The average molecular weight is 248 g/mol. The third-order valence-corrected chi connectivity index (χ3v) is 4.91. The molecule has 2 unspecified atom stereocenters. The number of hydrogen-bond donors (Lipinski definition) is 1. The maximum atomic E-state index is 11.3. The summed E-state index contributed by atoms with van der Waals surface area (Å²) in [7, 11) is -3.06. The van der Waals surface area contributed by atoms with E-state index >= 15 is 0 Å². The number of nitrogens with zero attached hydrogens (tertiary/aromatic N) is 1. The lowest BCUT2D eigenvalue weighted by molar-refractivity contribution is 0.560. The molecule has 0 amide bonds. The lowest BCUT2D eigenvalue weighted by Gasteiger charge is -2.16. The van der Waals surface area contributed by atoms with Crippen molar-refractivity contribution in [2.24, 2.45) is 5.73 Å². The van der Waals surface area contributed by atoms with Crippen molar-refractivity contribution in [3.8, 4) is 0 Å². The highest BCUT2D eigenvalue weighted by atomic mass is 32.2. The zero-order chi connectivity index (χ0) is 11.6. The highest BCUT2D eigenvalue weighted by molar-refractivity contribution is 7.91. The molecule has 0 aromatic carbocycles. The molecule has 2 N–H and O–H groups in total. The second kappa shape index (κ2) is 4.59. The monoisotopic (exact) mass is 248 g/mol. The zero-order valence-corrected chi connectivity index (χ0v) is 10.7. The van der Waals surface area contributed by atoms with Crippen molar-refractivity contribution < 1.29 is 8.42 Å². The quantitative estimate of drug-likeness (QED) is 0.853. The minimum atomic E-state index is -3.06. The van der Waals surface area contributed by atoms with E-state index in [9.17, 15) is 8.42 Å². The highest BCUT2D eigenvalue weighted by Crippen LogP contribution is 2.12. The van der Waals surface area contributed by atoms with Gasteiger partial charge in [-0.1, -0.05) is 0 Å². The van der Waals surface area contributed by atoms with E-state index in [1.54, 1.807) is 18.3 Å². The molecule has 1 heterocycles. The van der Waals surface area contributed by atoms with Gasteiger partial charge in [0, 0.05) is 24.1 Å². The fourth-order valence-corrected chi connectivity index (χ4v) is 2.58. The first kappa shape index (κ1) is 12.6. The van der Waals surface area contributed by atoms with E-state index in [1.807, 2.05) is 12.3 Å². The summed E-state index contributed by atoms with van der Waals surface area (Å²) in [6, 6.07) is -0.388. The van der Waals surface area contributed by atoms with E-state index in [0.717, 1.165) is 10.7 Å². The molecule has 2 atom stereocenters. The van der Waals surface area contributed by atoms with Crippen molar-refractivity contribution in [1.82, 2.24) is 4.98 Å². The first-order valence-corrected chi connectivity index (χ1v) is 7.49. The van der Waals surface area contributed by atoms with Crippen molar-refractivity contribution in [2.45, 2.75) is 31.6 Å². The Bertz CT molecular complexity index is 425. The van der Waals surface area contributed by atoms with Gasteiger partial charge < -0.3 is 5.73 Å².